The molecule has 0 aliphatic heterocycles. The van der Waals surface area contributed by atoms with E-state index in [1.807, 2.05) is 0 Å². The summed E-state index contributed by atoms with van der Waals surface area (Å²) in [6, 6.07) is 0. The summed E-state index contributed by atoms with van der Waals surface area (Å²) in [6.07, 6.45) is 0. The molecule has 0 rings (SSSR count). The largest absolute Gasteiger partial charge is 1.00 e. The zero-order chi connectivity index (χ0) is 2.00. The van der Waals surface area contributed by atoms with Gasteiger partial charge in [-0.2, -0.15) is 0 Å². The molecule has 0 aromatic carbocycles. The summed E-state index contributed by atoms with van der Waals surface area (Å²) in [5, 5.41) is 6.25. The maximum atomic E-state index is 6.25. The molecule has 0 fully saturated rings. The number of rotatable bonds is 0. The predicted octanol–water partition coefficient (Wildman–Crippen LogP) is -14.9. The standard InChI is InChI=1S/CN.4HI.K/c1-2;;;;;/h;4*1H;/q-1;;;;;+1/p-4. The first-order chi connectivity index (χ1) is 1.00. The van der Waals surface area contributed by atoms with Crippen LogP contribution >= 0.6 is 0 Å². The zero-order valence-corrected chi connectivity index (χ0v) is 15.2. The molecule has 0 unspecified atom stereocenters. The van der Waals surface area contributed by atoms with Gasteiger partial charge < -0.3 is 108 Å². The molecule has 0 aromatic rings. The van der Waals surface area contributed by atoms with Crippen molar-refractivity contribution in [2.24, 2.45) is 0 Å². The van der Waals surface area contributed by atoms with E-state index in [0.717, 1.165) is 0 Å². The van der Waals surface area contributed by atoms with Gasteiger partial charge in [0.05, 0.1) is 0 Å². The van der Waals surface area contributed by atoms with Crippen molar-refractivity contribution in [2.45, 2.75) is 0 Å². The van der Waals surface area contributed by atoms with Crippen LogP contribution in [0.2, 0.25) is 0 Å². The Morgan fingerprint density at radius 2 is 0.714 bits per heavy atom. The first-order valence-electron chi connectivity index (χ1n) is 0.224. The van der Waals surface area contributed by atoms with Crippen LogP contribution in [0.5, 0.6) is 0 Å². The van der Waals surface area contributed by atoms with Gasteiger partial charge in [-0.25, -0.2) is 0 Å². The Morgan fingerprint density at radius 1 is 0.714 bits per heavy atom. The fraction of sp³-hybridized carbons (Fsp3) is 0. The van der Waals surface area contributed by atoms with E-state index in [1.165, 1.54) is 0 Å². The van der Waals surface area contributed by atoms with Crippen molar-refractivity contribution in [1.29, 1.82) is 5.26 Å². The fourth-order valence-electron chi connectivity index (χ4n) is 0. The third-order valence-electron chi connectivity index (χ3n) is 0. The Kier molecular flexibility index (Phi) is 314. The first kappa shape index (κ1) is 43.8. The van der Waals surface area contributed by atoms with E-state index >= 15 is 0 Å². The quantitative estimate of drug-likeness (QED) is 0.161. The van der Waals surface area contributed by atoms with E-state index in [2.05, 4.69) is 0 Å². The van der Waals surface area contributed by atoms with E-state index in [0.29, 0.717) is 0 Å². The molecule has 7 heavy (non-hydrogen) atoms. The molecule has 42 valence electrons. The van der Waals surface area contributed by atoms with Crippen LogP contribution in [-0.2, 0) is 0 Å². The van der Waals surface area contributed by atoms with Gasteiger partial charge in [0.1, 0.15) is 0 Å². The van der Waals surface area contributed by atoms with Crippen molar-refractivity contribution < 1.29 is 147 Å². The van der Waals surface area contributed by atoms with Crippen LogP contribution in [0.15, 0.2) is 0 Å². The second-order valence-electron chi connectivity index (χ2n) is 0. The maximum absolute atomic E-state index is 6.25. The Morgan fingerprint density at radius 3 is 0.714 bits per heavy atom. The van der Waals surface area contributed by atoms with Gasteiger partial charge in [0.25, 0.3) is 0 Å². The molecule has 0 amide bonds. The molecule has 0 spiro atoms. The van der Waals surface area contributed by atoms with Crippen LogP contribution in [0.1, 0.15) is 0 Å². The van der Waals surface area contributed by atoms with Gasteiger partial charge in [-0.15, -0.1) is 0 Å². The van der Waals surface area contributed by atoms with Crippen LogP contribution in [0, 0.1) is 11.8 Å². The normalized spacial score (nSPS) is 0.286. The van der Waals surface area contributed by atoms with Gasteiger partial charge in [-0.1, -0.05) is 0 Å². The Balaban J connectivity index is -0.000000000500. The molecule has 0 bridgehead atoms. The average Bonchev–Trinajstić information content (AvgIpc) is 1.00. The minimum absolute atomic E-state index is 0. The second kappa shape index (κ2) is 50.2. The maximum Gasteiger partial charge on any atom is 1.00 e. The minimum atomic E-state index is 0. The molecular formula is CI4KN-4. The number of nitrogens with zero attached hydrogens (tertiary/aromatic N) is 1. The molecule has 0 heterocycles. The summed E-state index contributed by atoms with van der Waals surface area (Å²) >= 11 is 0. The summed E-state index contributed by atoms with van der Waals surface area (Å²) in [5.41, 5.74) is 0. The van der Waals surface area contributed by atoms with E-state index in [1.54, 1.807) is 0 Å². The van der Waals surface area contributed by atoms with E-state index in [4.69, 9.17) is 11.8 Å². The van der Waals surface area contributed by atoms with Gasteiger partial charge in [0.2, 0.25) is 0 Å². The van der Waals surface area contributed by atoms with Crippen LogP contribution < -0.4 is 147 Å². The third kappa shape index (κ3) is 39.7. The number of halogens is 4. The fourth-order valence-corrected chi connectivity index (χ4v) is 0. The number of hydrogen-bond acceptors (Lipinski definition) is 1. The molecular weight excluding hydrogens is 573 g/mol. The van der Waals surface area contributed by atoms with Crippen LogP contribution in [0.25, 0.3) is 0 Å². The van der Waals surface area contributed by atoms with Gasteiger partial charge in [-0.3, -0.25) is 0 Å². The van der Waals surface area contributed by atoms with Crippen molar-refractivity contribution in [3.8, 4) is 0 Å². The SMILES string of the molecule is [C-]#N.[I-].[I-].[I-].[I-].[K+]. The summed E-state index contributed by atoms with van der Waals surface area (Å²) in [6.45, 7) is 4.75. The molecule has 0 aliphatic carbocycles. The average molecular weight is 573 g/mol. The molecule has 6 heteroatoms. The van der Waals surface area contributed by atoms with E-state index in [-0.39, 0.29) is 147 Å². The Bertz CT molecular complexity index is 16.4. The van der Waals surface area contributed by atoms with E-state index in [9.17, 15) is 0 Å². The van der Waals surface area contributed by atoms with Gasteiger partial charge in [0, 0.05) is 0 Å². The summed E-state index contributed by atoms with van der Waals surface area (Å²) in [7, 11) is 0. The van der Waals surface area contributed by atoms with Crippen molar-refractivity contribution in [3.05, 3.63) is 6.57 Å². The van der Waals surface area contributed by atoms with Crippen molar-refractivity contribution >= 4 is 0 Å². The van der Waals surface area contributed by atoms with Crippen molar-refractivity contribution in [1.82, 2.24) is 0 Å². The molecule has 0 saturated carbocycles. The van der Waals surface area contributed by atoms with Gasteiger partial charge in [0.15, 0.2) is 0 Å². The van der Waals surface area contributed by atoms with E-state index < -0.39 is 0 Å². The molecule has 0 N–H and O–H groups in total. The Hall–Kier alpha value is 4.05. The first-order valence-corrected chi connectivity index (χ1v) is 0.224. The van der Waals surface area contributed by atoms with Crippen LogP contribution in [0.4, 0.5) is 0 Å². The molecule has 0 saturated heterocycles. The topological polar surface area (TPSA) is 23.8 Å². The molecule has 0 aromatic heterocycles. The summed E-state index contributed by atoms with van der Waals surface area (Å²) in [4.78, 5) is 0. The summed E-state index contributed by atoms with van der Waals surface area (Å²) in [5.74, 6) is 0. The van der Waals surface area contributed by atoms with Crippen molar-refractivity contribution in [2.75, 3.05) is 0 Å². The Labute approximate surface area is 155 Å². The van der Waals surface area contributed by atoms with Gasteiger partial charge >= 0.3 is 51.4 Å². The van der Waals surface area contributed by atoms with Crippen LogP contribution in [-0.4, -0.2) is 0 Å². The third-order valence-corrected chi connectivity index (χ3v) is 0. The molecule has 0 aliphatic rings. The monoisotopic (exact) mass is 573 g/mol. The predicted molar refractivity (Wildman–Crippen MR) is 4.97 cm³/mol. The molecule has 0 atom stereocenters. The minimum Gasteiger partial charge on any atom is -1.00 e. The van der Waals surface area contributed by atoms with Crippen molar-refractivity contribution in [3.63, 3.8) is 0 Å². The smallest absolute Gasteiger partial charge is 1.00 e. The molecule has 0 radical (unpaired) electrons. The molecule has 1 nitrogen and oxygen atoms in total. The zero-order valence-electron chi connectivity index (χ0n) is 3.46. The van der Waals surface area contributed by atoms with Gasteiger partial charge in [-0.05, 0) is 0 Å². The second-order valence-corrected chi connectivity index (χ2v) is 0. The summed E-state index contributed by atoms with van der Waals surface area (Å²) < 4.78 is 0. The number of hydrogen-bond donors (Lipinski definition) is 0. The van der Waals surface area contributed by atoms with Crippen LogP contribution in [0.3, 0.4) is 0 Å².